The van der Waals surface area contributed by atoms with Crippen molar-refractivity contribution in [2.75, 3.05) is 0 Å². The van der Waals surface area contributed by atoms with E-state index in [2.05, 4.69) is 19.2 Å². The second-order valence-electron chi connectivity index (χ2n) is 4.86. The molecule has 0 unspecified atom stereocenters. The first-order chi connectivity index (χ1) is 7.13. The lowest BCUT2D eigenvalue weighted by atomic mass is 9.87. The highest BCUT2D eigenvalue weighted by Crippen LogP contribution is 2.23. The second-order valence-corrected chi connectivity index (χ2v) is 4.86. The Balaban J connectivity index is 2.25. The smallest absolute Gasteiger partial charge is 0.237 e. The zero-order valence-electron chi connectivity index (χ0n) is 9.96. The van der Waals surface area contributed by atoms with E-state index in [-0.39, 0.29) is 11.9 Å². The molecule has 0 aliphatic heterocycles. The van der Waals surface area contributed by atoms with Crippen LogP contribution in [0.1, 0.15) is 52.4 Å². The third kappa shape index (κ3) is 4.20. The molecule has 0 aromatic rings. The highest BCUT2D eigenvalue weighted by Gasteiger charge is 2.21. The van der Waals surface area contributed by atoms with Crippen molar-refractivity contribution in [1.29, 1.82) is 0 Å². The van der Waals surface area contributed by atoms with Gasteiger partial charge >= 0.3 is 0 Å². The molecule has 1 atom stereocenters. The van der Waals surface area contributed by atoms with Crippen LogP contribution in [0.4, 0.5) is 0 Å². The molecule has 0 saturated heterocycles. The van der Waals surface area contributed by atoms with Crippen molar-refractivity contribution in [1.82, 2.24) is 5.32 Å². The fraction of sp³-hybridized carbons (Fsp3) is 0.917. The Hall–Kier alpha value is -0.570. The van der Waals surface area contributed by atoms with E-state index in [1.54, 1.807) is 0 Å². The van der Waals surface area contributed by atoms with Gasteiger partial charge in [-0.05, 0) is 38.0 Å². The predicted octanol–water partition coefficient (Wildman–Crippen LogP) is 1.81. The minimum Gasteiger partial charge on any atom is -0.352 e. The average Bonchev–Trinajstić information content (AvgIpc) is 2.22. The number of hydrogen-bond acceptors (Lipinski definition) is 2. The topological polar surface area (TPSA) is 55.1 Å². The van der Waals surface area contributed by atoms with Gasteiger partial charge in [-0.25, -0.2) is 0 Å². The molecular weight excluding hydrogens is 188 g/mol. The molecule has 0 bridgehead atoms. The quantitative estimate of drug-likeness (QED) is 0.746. The van der Waals surface area contributed by atoms with Crippen molar-refractivity contribution in [3.8, 4) is 0 Å². The number of rotatable bonds is 4. The molecule has 3 heteroatoms. The van der Waals surface area contributed by atoms with E-state index in [4.69, 9.17) is 5.73 Å². The van der Waals surface area contributed by atoms with E-state index < -0.39 is 0 Å². The van der Waals surface area contributed by atoms with Gasteiger partial charge < -0.3 is 11.1 Å². The molecule has 1 aliphatic rings. The largest absolute Gasteiger partial charge is 0.352 e. The Morgan fingerprint density at radius 1 is 1.40 bits per heavy atom. The Bertz CT molecular complexity index is 198. The van der Waals surface area contributed by atoms with Gasteiger partial charge in [-0.3, -0.25) is 4.79 Å². The molecule has 1 fully saturated rings. The summed E-state index contributed by atoms with van der Waals surface area (Å²) in [7, 11) is 0. The van der Waals surface area contributed by atoms with Gasteiger partial charge in [-0.2, -0.15) is 0 Å². The molecule has 1 amide bonds. The van der Waals surface area contributed by atoms with Crippen molar-refractivity contribution in [2.45, 2.75) is 64.5 Å². The fourth-order valence-corrected chi connectivity index (χ4v) is 2.15. The van der Waals surface area contributed by atoms with E-state index in [0.717, 1.165) is 31.6 Å². The standard InChI is InChI=1S/C12H24N2O/c1-3-4-11(13)12(15)14-10-7-5-9(2)6-8-10/h9-11H,3-8,13H2,1-2H3,(H,14,15)/t9?,10?,11-/m1/s1. The highest BCUT2D eigenvalue weighted by atomic mass is 16.2. The molecule has 0 spiro atoms. The monoisotopic (exact) mass is 212 g/mol. The lowest BCUT2D eigenvalue weighted by molar-refractivity contribution is -0.123. The number of nitrogens with one attached hydrogen (secondary N) is 1. The summed E-state index contributed by atoms with van der Waals surface area (Å²) < 4.78 is 0. The molecule has 0 aromatic carbocycles. The Morgan fingerprint density at radius 3 is 2.53 bits per heavy atom. The molecule has 3 N–H and O–H groups in total. The zero-order chi connectivity index (χ0) is 11.3. The fourth-order valence-electron chi connectivity index (χ4n) is 2.15. The maximum absolute atomic E-state index is 11.6. The summed E-state index contributed by atoms with van der Waals surface area (Å²) in [6.07, 6.45) is 6.45. The summed E-state index contributed by atoms with van der Waals surface area (Å²) in [4.78, 5) is 11.6. The number of amides is 1. The Kier molecular flexibility index (Phi) is 5.09. The molecule has 0 radical (unpaired) electrons. The molecule has 1 aliphatic carbocycles. The van der Waals surface area contributed by atoms with Crippen LogP contribution in [0.25, 0.3) is 0 Å². The van der Waals surface area contributed by atoms with Gasteiger partial charge in [0.2, 0.25) is 5.91 Å². The maximum atomic E-state index is 11.6. The van der Waals surface area contributed by atoms with Crippen LogP contribution >= 0.6 is 0 Å². The SMILES string of the molecule is CCC[C@@H](N)C(=O)NC1CCC(C)CC1. The maximum Gasteiger partial charge on any atom is 0.237 e. The lowest BCUT2D eigenvalue weighted by Crippen LogP contribution is -2.46. The molecule has 88 valence electrons. The molecule has 3 nitrogen and oxygen atoms in total. The van der Waals surface area contributed by atoms with Gasteiger partial charge in [0.05, 0.1) is 6.04 Å². The van der Waals surface area contributed by atoms with Gasteiger partial charge in [-0.15, -0.1) is 0 Å². The molecule has 1 rings (SSSR count). The number of nitrogens with two attached hydrogens (primary N) is 1. The summed E-state index contributed by atoms with van der Waals surface area (Å²) in [6.45, 7) is 4.33. The normalized spacial score (nSPS) is 28.5. The molecule has 1 saturated carbocycles. The van der Waals surface area contributed by atoms with Crippen molar-refractivity contribution in [2.24, 2.45) is 11.7 Å². The first kappa shape index (κ1) is 12.5. The zero-order valence-corrected chi connectivity index (χ0v) is 9.96. The molecular formula is C12H24N2O. The van der Waals surface area contributed by atoms with Crippen molar-refractivity contribution >= 4 is 5.91 Å². The number of hydrogen-bond donors (Lipinski definition) is 2. The Morgan fingerprint density at radius 2 is 2.00 bits per heavy atom. The van der Waals surface area contributed by atoms with Gasteiger partial charge in [0, 0.05) is 6.04 Å². The second kappa shape index (κ2) is 6.11. The van der Waals surface area contributed by atoms with Crippen LogP contribution in [0.3, 0.4) is 0 Å². The first-order valence-corrected chi connectivity index (χ1v) is 6.19. The molecule has 0 aromatic heterocycles. The van der Waals surface area contributed by atoms with E-state index in [0.29, 0.717) is 6.04 Å². The Labute approximate surface area is 92.8 Å². The summed E-state index contributed by atoms with van der Waals surface area (Å²) in [5.74, 6) is 0.860. The van der Waals surface area contributed by atoms with Crippen LogP contribution in [0.2, 0.25) is 0 Å². The van der Waals surface area contributed by atoms with Crippen LogP contribution in [0, 0.1) is 5.92 Å². The first-order valence-electron chi connectivity index (χ1n) is 6.19. The van der Waals surface area contributed by atoms with Crippen LogP contribution in [0.15, 0.2) is 0 Å². The predicted molar refractivity (Wildman–Crippen MR) is 62.4 cm³/mol. The summed E-state index contributed by atoms with van der Waals surface area (Å²) in [5.41, 5.74) is 5.76. The van der Waals surface area contributed by atoms with Gasteiger partial charge in [-0.1, -0.05) is 20.3 Å². The van der Waals surface area contributed by atoms with Crippen LogP contribution in [0.5, 0.6) is 0 Å². The van der Waals surface area contributed by atoms with Gasteiger partial charge in [0.25, 0.3) is 0 Å². The highest BCUT2D eigenvalue weighted by molar-refractivity contribution is 5.81. The molecule has 15 heavy (non-hydrogen) atoms. The van der Waals surface area contributed by atoms with E-state index in [1.165, 1.54) is 12.8 Å². The number of carbonyl (C=O) groups excluding carboxylic acids is 1. The summed E-state index contributed by atoms with van der Waals surface area (Å²) >= 11 is 0. The van der Waals surface area contributed by atoms with Crippen molar-refractivity contribution < 1.29 is 4.79 Å². The summed E-state index contributed by atoms with van der Waals surface area (Å²) in [5, 5.41) is 3.06. The van der Waals surface area contributed by atoms with Crippen molar-refractivity contribution in [3.05, 3.63) is 0 Å². The summed E-state index contributed by atoms with van der Waals surface area (Å²) in [6, 6.07) is 0.0611. The van der Waals surface area contributed by atoms with E-state index in [1.807, 2.05) is 0 Å². The minimum atomic E-state index is -0.311. The van der Waals surface area contributed by atoms with Gasteiger partial charge in [0.1, 0.15) is 0 Å². The molecule has 0 heterocycles. The van der Waals surface area contributed by atoms with Crippen LogP contribution < -0.4 is 11.1 Å². The number of carbonyl (C=O) groups is 1. The lowest BCUT2D eigenvalue weighted by Gasteiger charge is -2.27. The minimum absolute atomic E-state index is 0.0383. The third-order valence-corrected chi connectivity index (χ3v) is 3.30. The van der Waals surface area contributed by atoms with E-state index in [9.17, 15) is 4.79 Å². The average molecular weight is 212 g/mol. The van der Waals surface area contributed by atoms with E-state index >= 15 is 0 Å². The van der Waals surface area contributed by atoms with Crippen molar-refractivity contribution in [3.63, 3.8) is 0 Å². The third-order valence-electron chi connectivity index (χ3n) is 3.30. The van der Waals surface area contributed by atoms with Crippen LogP contribution in [-0.2, 0) is 4.79 Å². The van der Waals surface area contributed by atoms with Gasteiger partial charge in [0.15, 0.2) is 0 Å². The van der Waals surface area contributed by atoms with Crippen LogP contribution in [-0.4, -0.2) is 18.0 Å².